The number of nitrogens with one attached hydrogen (secondary N) is 1. The minimum atomic E-state index is 0.0970. The number of fused-ring (bicyclic) bond motifs is 2. The van der Waals surface area contributed by atoms with E-state index in [9.17, 15) is 4.79 Å². The number of hydrogen-bond donors (Lipinski definition) is 1. The molecule has 4 aromatic rings. The quantitative estimate of drug-likeness (QED) is 0.494. The highest BCUT2D eigenvalue weighted by molar-refractivity contribution is 6.07. The molecule has 1 amide bonds. The number of rotatable bonds is 5. The number of ether oxygens (including phenoxy) is 1. The summed E-state index contributed by atoms with van der Waals surface area (Å²) < 4.78 is 5.42. The molecule has 0 aliphatic carbocycles. The molecule has 34 heavy (non-hydrogen) atoms. The van der Waals surface area contributed by atoms with Crippen molar-refractivity contribution >= 4 is 33.7 Å². The fourth-order valence-electron chi connectivity index (χ4n) is 5.40. The summed E-state index contributed by atoms with van der Waals surface area (Å²) in [5.74, 6) is 1.02. The minimum Gasteiger partial charge on any atom is -0.378 e. The van der Waals surface area contributed by atoms with Crippen LogP contribution in [0.3, 0.4) is 0 Å². The van der Waals surface area contributed by atoms with Crippen molar-refractivity contribution in [3.8, 4) is 0 Å². The van der Waals surface area contributed by atoms with Gasteiger partial charge in [0.05, 0.1) is 19.5 Å². The van der Waals surface area contributed by atoms with Crippen LogP contribution in [0, 0.1) is 0 Å². The summed E-state index contributed by atoms with van der Waals surface area (Å²) in [6, 6.07) is 12.9. The normalized spacial score (nSPS) is 18.8. The molecule has 2 aromatic carbocycles. The van der Waals surface area contributed by atoms with Crippen molar-refractivity contribution in [1.82, 2.24) is 24.8 Å². The van der Waals surface area contributed by atoms with Gasteiger partial charge in [0.25, 0.3) is 5.91 Å². The lowest BCUT2D eigenvalue weighted by atomic mass is 9.94. The summed E-state index contributed by atoms with van der Waals surface area (Å²) >= 11 is 0. The Hall–Kier alpha value is -3.52. The highest BCUT2D eigenvalue weighted by Crippen LogP contribution is 2.32. The van der Waals surface area contributed by atoms with Gasteiger partial charge in [0.1, 0.15) is 11.8 Å². The lowest BCUT2D eigenvalue weighted by molar-refractivity contribution is 0.0304. The highest BCUT2D eigenvalue weighted by Gasteiger charge is 2.28. The monoisotopic (exact) mass is 456 g/mol. The van der Waals surface area contributed by atoms with E-state index in [2.05, 4.69) is 49.1 Å². The third-order valence-electron chi connectivity index (χ3n) is 7.14. The Labute approximate surface area is 198 Å². The first-order chi connectivity index (χ1) is 16.8. The van der Waals surface area contributed by atoms with Crippen molar-refractivity contribution in [3.63, 3.8) is 0 Å². The van der Waals surface area contributed by atoms with Crippen LogP contribution >= 0.6 is 0 Å². The summed E-state index contributed by atoms with van der Waals surface area (Å²) in [4.78, 5) is 33.9. The fourth-order valence-corrected chi connectivity index (χ4v) is 5.40. The number of morpholine rings is 1. The number of amides is 1. The zero-order valence-electron chi connectivity index (χ0n) is 19.1. The van der Waals surface area contributed by atoms with Gasteiger partial charge in [0.2, 0.25) is 0 Å². The van der Waals surface area contributed by atoms with E-state index in [0.717, 1.165) is 60.2 Å². The van der Waals surface area contributed by atoms with E-state index in [-0.39, 0.29) is 5.91 Å². The Morgan fingerprint density at radius 3 is 2.76 bits per heavy atom. The van der Waals surface area contributed by atoms with E-state index in [1.54, 1.807) is 12.7 Å². The van der Waals surface area contributed by atoms with Gasteiger partial charge in [-0.2, -0.15) is 0 Å². The summed E-state index contributed by atoms with van der Waals surface area (Å²) in [5.41, 5.74) is 3.69. The van der Waals surface area contributed by atoms with Crippen LogP contribution < -0.4 is 4.90 Å². The smallest absolute Gasteiger partial charge is 0.254 e. The molecule has 0 saturated carbocycles. The van der Waals surface area contributed by atoms with Gasteiger partial charge in [-0.25, -0.2) is 15.0 Å². The number of H-pyrrole nitrogens is 1. The lowest BCUT2D eigenvalue weighted by Gasteiger charge is -2.28. The minimum absolute atomic E-state index is 0.0970. The maximum Gasteiger partial charge on any atom is 0.254 e. The number of hydrogen-bond acceptors (Lipinski definition) is 6. The maximum absolute atomic E-state index is 13.2. The number of aryl methyl sites for hydroxylation is 1. The molecule has 0 spiro atoms. The number of nitrogens with zero attached hydrogens (tertiary/aromatic N) is 5. The molecule has 1 N–H and O–H groups in total. The van der Waals surface area contributed by atoms with E-state index in [1.807, 2.05) is 17.0 Å². The molecule has 0 bridgehead atoms. The molecule has 2 aromatic heterocycles. The Bertz CT molecular complexity index is 1330. The highest BCUT2D eigenvalue weighted by atomic mass is 16.5. The number of carbonyl (C=O) groups excluding carboxylic acids is 1. The fraction of sp³-hybridized carbons (Fsp3) is 0.385. The molecule has 174 valence electrons. The van der Waals surface area contributed by atoms with Gasteiger partial charge in [-0.3, -0.25) is 4.79 Å². The topological polar surface area (TPSA) is 87.2 Å². The molecule has 8 nitrogen and oxygen atoms in total. The van der Waals surface area contributed by atoms with E-state index in [1.165, 1.54) is 10.9 Å². The van der Waals surface area contributed by atoms with Crippen molar-refractivity contribution < 1.29 is 9.53 Å². The zero-order valence-corrected chi connectivity index (χ0v) is 19.1. The largest absolute Gasteiger partial charge is 0.378 e. The summed E-state index contributed by atoms with van der Waals surface area (Å²) in [6.07, 6.45) is 7.55. The van der Waals surface area contributed by atoms with E-state index >= 15 is 0 Å². The van der Waals surface area contributed by atoms with Crippen molar-refractivity contribution in [2.24, 2.45) is 0 Å². The molecule has 1 atom stereocenters. The number of aromatic nitrogens is 4. The molecule has 4 heterocycles. The number of anilines is 1. The van der Waals surface area contributed by atoms with Crippen LogP contribution in [0.25, 0.3) is 21.9 Å². The first-order valence-electron chi connectivity index (χ1n) is 12.1. The van der Waals surface area contributed by atoms with Crippen LogP contribution in [0.2, 0.25) is 0 Å². The molecule has 2 fully saturated rings. The average molecular weight is 457 g/mol. The maximum atomic E-state index is 13.2. The molecule has 0 radical (unpaired) electrons. The second-order valence-corrected chi connectivity index (χ2v) is 9.05. The summed E-state index contributed by atoms with van der Waals surface area (Å²) in [5, 5.41) is 2.21. The lowest BCUT2D eigenvalue weighted by Crippen LogP contribution is -2.40. The standard InChI is InChI=1S/C26H28N6O2/c33-26(31-12-14-34-15-13-31)22-10-8-18(20-5-1-2-6-21(20)22)7-9-19-4-3-11-32(19)25-23-24(28-16-27-23)29-17-30-25/h1-2,5-6,8,10,16-17,19H,3-4,7,9,11-15H2,(H,27,28,29,30). The van der Waals surface area contributed by atoms with Crippen molar-refractivity contribution in [3.05, 3.63) is 60.2 Å². The Kier molecular flexibility index (Phi) is 5.58. The van der Waals surface area contributed by atoms with Crippen LogP contribution in [0.5, 0.6) is 0 Å². The number of carbonyl (C=O) groups is 1. The van der Waals surface area contributed by atoms with Gasteiger partial charge in [-0.05, 0) is 48.1 Å². The van der Waals surface area contributed by atoms with Gasteiger partial charge in [-0.15, -0.1) is 0 Å². The first-order valence-corrected chi connectivity index (χ1v) is 12.1. The molecule has 6 rings (SSSR count). The molecule has 1 unspecified atom stereocenters. The molecular weight excluding hydrogens is 428 g/mol. The van der Waals surface area contributed by atoms with Gasteiger partial charge in [0, 0.05) is 31.2 Å². The van der Waals surface area contributed by atoms with Crippen LogP contribution in [-0.4, -0.2) is 69.6 Å². The predicted octanol–water partition coefficient (Wildman–Crippen LogP) is 3.58. The predicted molar refractivity (Wildman–Crippen MR) is 131 cm³/mol. The second kappa shape index (κ2) is 9.02. The van der Waals surface area contributed by atoms with Gasteiger partial charge < -0.3 is 19.5 Å². The van der Waals surface area contributed by atoms with Gasteiger partial charge in [-0.1, -0.05) is 30.3 Å². The zero-order chi connectivity index (χ0) is 22.9. The molecule has 2 aliphatic rings. The molecular formula is C26H28N6O2. The van der Waals surface area contributed by atoms with Crippen LogP contribution in [0.15, 0.2) is 49.1 Å². The third kappa shape index (κ3) is 3.77. The molecule has 2 saturated heterocycles. The average Bonchev–Trinajstić information content (AvgIpc) is 3.57. The Morgan fingerprint density at radius 1 is 1.03 bits per heavy atom. The van der Waals surface area contributed by atoms with Gasteiger partial charge >= 0.3 is 0 Å². The van der Waals surface area contributed by atoms with E-state index < -0.39 is 0 Å². The number of imidazole rings is 1. The van der Waals surface area contributed by atoms with Crippen molar-refractivity contribution in [2.45, 2.75) is 31.7 Å². The van der Waals surface area contributed by atoms with Crippen LogP contribution in [-0.2, 0) is 11.2 Å². The number of aromatic amines is 1. The van der Waals surface area contributed by atoms with Crippen molar-refractivity contribution in [1.29, 1.82) is 0 Å². The molecule has 8 heteroatoms. The summed E-state index contributed by atoms with van der Waals surface area (Å²) in [6.45, 7) is 3.50. The van der Waals surface area contributed by atoms with E-state index in [0.29, 0.717) is 32.3 Å². The number of benzene rings is 2. The van der Waals surface area contributed by atoms with Crippen LogP contribution in [0.4, 0.5) is 5.82 Å². The van der Waals surface area contributed by atoms with E-state index in [4.69, 9.17) is 4.74 Å². The Balaban J connectivity index is 1.25. The van der Waals surface area contributed by atoms with Crippen molar-refractivity contribution in [2.75, 3.05) is 37.7 Å². The molecule has 2 aliphatic heterocycles. The van der Waals surface area contributed by atoms with Gasteiger partial charge in [0.15, 0.2) is 11.5 Å². The van der Waals surface area contributed by atoms with Crippen LogP contribution in [0.1, 0.15) is 35.2 Å². The second-order valence-electron chi connectivity index (χ2n) is 9.05. The SMILES string of the molecule is O=C(c1ccc(CCC2CCCN2c2ncnc3[nH]cnc23)c2ccccc12)N1CCOCC1. The summed E-state index contributed by atoms with van der Waals surface area (Å²) in [7, 11) is 0. The third-order valence-corrected chi connectivity index (χ3v) is 7.14. The first kappa shape index (κ1) is 21.0. The Morgan fingerprint density at radius 2 is 1.88 bits per heavy atom.